The predicted octanol–water partition coefficient (Wildman–Crippen LogP) is 4.72. The Kier molecular flexibility index (Phi) is 7.49. The summed E-state index contributed by atoms with van der Waals surface area (Å²) in [6.45, 7) is 2.17. The second kappa shape index (κ2) is 10.5. The van der Waals surface area contributed by atoms with E-state index >= 15 is 0 Å². The maximum absolute atomic E-state index is 12.7. The first kappa shape index (κ1) is 23.5. The molecule has 0 radical (unpaired) electrons. The molecular formula is C28H36N2O3. The van der Waals surface area contributed by atoms with Crippen LogP contribution in [0.15, 0.2) is 42.5 Å². The Morgan fingerprint density at radius 2 is 1.48 bits per heavy atom. The topological polar surface area (TPSA) is 78.4 Å². The summed E-state index contributed by atoms with van der Waals surface area (Å²) in [6.07, 6.45) is 7.15. The summed E-state index contributed by atoms with van der Waals surface area (Å²) < 4.78 is 0. The smallest absolute Gasteiger partial charge is 0.251 e. The number of aryl methyl sites for hydroxylation is 1. The van der Waals surface area contributed by atoms with Gasteiger partial charge in [-0.1, -0.05) is 30.3 Å². The van der Waals surface area contributed by atoms with E-state index in [2.05, 4.69) is 35.8 Å². The number of carbonyl (C=O) groups excluding carboxylic acids is 2. The predicted molar refractivity (Wildman–Crippen MR) is 131 cm³/mol. The zero-order valence-corrected chi connectivity index (χ0v) is 19.8. The highest BCUT2D eigenvalue weighted by Gasteiger charge is 2.30. The minimum Gasteiger partial charge on any atom is -0.393 e. The molecule has 2 saturated carbocycles. The Morgan fingerprint density at radius 3 is 2.09 bits per heavy atom. The van der Waals surface area contributed by atoms with E-state index < -0.39 is 0 Å². The number of hydrogen-bond donors (Lipinski definition) is 3. The molecule has 2 amide bonds. The molecule has 0 spiro atoms. The highest BCUT2D eigenvalue weighted by Crippen LogP contribution is 2.38. The third-order valence-electron chi connectivity index (χ3n) is 7.56. The Morgan fingerprint density at radius 1 is 0.848 bits per heavy atom. The molecular weight excluding hydrogens is 412 g/mol. The zero-order valence-electron chi connectivity index (χ0n) is 19.8. The third-order valence-corrected chi connectivity index (χ3v) is 7.56. The highest BCUT2D eigenvalue weighted by atomic mass is 16.3. The lowest BCUT2D eigenvalue weighted by Crippen LogP contribution is -2.42. The Labute approximate surface area is 197 Å². The van der Waals surface area contributed by atoms with Crippen LogP contribution in [-0.4, -0.2) is 36.1 Å². The van der Waals surface area contributed by atoms with Crippen LogP contribution in [0.1, 0.15) is 78.8 Å². The molecule has 0 bridgehead atoms. The number of carbonyl (C=O) groups is 2. The molecule has 4 rings (SSSR count). The molecule has 2 aromatic carbocycles. The summed E-state index contributed by atoms with van der Waals surface area (Å²) in [5.41, 5.74) is 5.60. The molecule has 0 aliphatic heterocycles. The van der Waals surface area contributed by atoms with Crippen LogP contribution in [0, 0.1) is 12.8 Å². The summed E-state index contributed by atoms with van der Waals surface area (Å²) in [6, 6.07) is 14.6. The first-order valence-electron chi connectivity index (χ1n) is 12.4. The largest absolute Gasteiger partial charge is 0.393 e. The molecule has 0 unspecified atom stereocenters. The molecule has 2 fully saturated rings. The van der Waals surface area contributed by atoms with E-state index in [4.69, 9.17) is 0 Å². The van der Waals surface area contributed by atoms with Crippen LogP contribution in [0.4, 0.5) is 0 Å². The Bertz CT molecular complexity index is 969. The molecule has 2 aromatic rings. The van der Waals surface area contributed by atoms with E-state index in [1.807, 2.05) is 24.3 Å². The fourth-order valence-electron chi connectivity index (χ4n) is 5.48. The van der Waals surface area contributed by atoms with E-state index in [9.17, 15) is 14.7 Å². The molecule has 5 nitrogen and oxygen atoms in total. The lowest BCUT2D eigenvalue weighted by molar-refractivity contribution is -0.127. The SMILES string of the molecule is CNC(=O)c1ccc(-c2ccc(C3CCC(C(=O)NC4CCC(O)CC4)CC3)c(C)c2)cc1. The molecule has 2 aliphatic carbocycles. The molecule has 33 heavy (non-hydrogen) atoms. The molecule has 0 atom stereocenters. The fourth-order valence-corrected chi connectivity index (χ4v) is 5.48. The zero-order chi connectivity index (χ0) is 23.4. The second-order valence-corrected chi connectivity index (χ2v) is 9.79. The molecule has 176 valence electrons. The van der Waals surface area contributed by atoms with Gasteiger partial charge in [0.05, 0.1) is 6.10 Å². The van der Waals surface area contributed by atoms with Gasteiger partial charge >= 0.3 is 0 Å². The number of amides is 2. The van der Waals surface area contributed by atoms with Gasteiger partial charge in [0.1, 0.15) is 0 Å². The molecule has 3 N–H and O–H groups in total. The van der Waals surface area contributed by atoms with E-state index in [0.717, 1.165) is 62.5 Å². The number of aliphatic hydroxyl groups excluding tert-OH is 1. The third kappa shape index (κ3) is 5.64. The number of rotatable bonds is 5. The van der Waals surface area contributed by atoms with Crippen molar-refractivity contribution >= 4 is 11.8 Å². The average molecular weight is 449 g/mol. The van der Waals surface area contributed by atoms with Crippen molar-refractivity contribution in [3.05, 3.63) is 59.2 Å². The quantitative estimate of drug-likeness (QED) is 0.620. The van der Waals surface area contributed by atoms with Crippen LogP contribution in [0.3, 0.4) is 0 Å². The van der Waals surface area contributed by atoms with E-state index in [-0.39, 0.29) is 29.9 Å². The summed E-state index contributed by atoms with van der Waals surface area (Å²) >= 11 is 0. The maximum atomic E-state index is 12.7. The monoisotopic (exact) mass is 448 g/mol. The molecule has 5 heteroatoms. The van der Waals surface area contributed by atoms with E-state index in [1.54, 1.807) is 7.05 Å². The molecule has 0 heterocycles. The van der Waals surface area contributed by atoms with Gasteiger partial charge in [0.15, 0.2) is 0 Å². The summed E-state index contributed by atoms with van der Waals surface area (Å²) in [5.74, 6) is 0.757. The van der Waals surface area contributed by atoms with Gasteiger partial charge in [0.25, 0.3) is 5.91 Å². The van der Waals surface area contributed by atoms with Gasteiger partial charge in [-0.05, 0) is 98.6 Å². The van der Waals surface area contributed by atoms with Gasteiger partial charge < -0.3 is 15.7 Å². The Balaban J connectivity index is 1.34. The van der Waals surface area contributed by atoms with Gasteiger partial charge in [0, 0.05) is 24.6 Å². The van der Waals surface area contributed by atoms with Crippen molar-refractivity contribution in [2.24, 2.45) is 5.92 Å². The second-order valence-electron chi connectivity index (χ2n) is 9.79. The van der Waals surface area contributed by atoms with Crippen molar-refractivity contribution in [2.75, 3.05) is 7.05 Å². The molecule has 0 saturated heterocycles. The van der Waals surface area contributed by atoms with Crippen LogP contribution in [0.5, 0.6) is 0 Å². The van der Waals surface area contributed by atoms with Crippen molar-refractivity contribution in [2.45, 2.75) is 76.4 Å². The maximum Gasteiger partial charge on any atom is 0.251 e. The van der Waals surface area contributed by atoms with Crippen LogP contribution < -0.4 is 10.6 Å². The Hall–Kier alpha value is -2.66. The van der Waals surface area contributed by atoms with Gasteiger partial charge in [-0.25, -0.2) is 0 Å². The van der Waals surface area contributed by atoms with Crippen molar-refractivity contribution in [3.8, 4) is 11.1 Å². The van der Waals surface area contributed by atoms with Crippen molar-refractivity contribution < 1.29 is 14.7 Å². The van der Waals surface area contributed by atoms with Crippen LogP contribution in [0.25, 0.3) is 11.1 Å². The lowest BCUT2D eigenvalue weighted by atomic mass is 9.76. The number of benzene rings is 2. The van der Waals surface area contributed by atoms with E-state index in [0.29, 0.717) is 11.5 Å². The summed E-state index contributed by atoms with van der Waals surface area (Å²) in [4.78, 5) is 24.5. The van der Waals surface area contributed by atoms with Crippen molar-refractivity contribution in [3.63, 3.8) is 0 Å². The van der Waals surface area contributed by atoms with Gasteiger partial charge in [-0.3, -0.25) is 9.59 Å². The van der Waals surface area contributed by atoms with Gasteiger partial charge in [0.2, 0.25) is 5.91 Å². The van der Waals surface area contributed by atoms with Gasteiger partial charge in [-0.15, -0.1) is 0 Å². The minimum absolute atomic E-state index is 0.0742. The first-order valence-corrected chi connectivity index (χ1v) is 12.4. The van der Waals surface area contributed by atoms with Crippen LogP contribution in [0.2, 0.25) is 0 Å². The van der Waals surface area contributed by atoms with Gasteiger partial charge in [-0.2, -0.15) is 0 Å². The average Bonchev–Trinajstić information content (AvgIpc) is 2.85. The van der Waals surface area contributed by atoms with Crippen molar-refractivity contribution in [1.29, 1.82) is 0 Å². The van der Waals surface area contributed by atoms with Crippen LogP contribution in [-0.2, 0) is 4.79 Å². The molecule has 0 aromatic heterocycles. The summed E-state index contributed by atoms with van der Waals surface area (Å²) in [7, 11) is 1.64. The normalized spacial score (nSPS) is 25.3. The first-order chi connectivity index (χ1) is 15.9. The number of hydrogen-bond acceptors (Lipinski definition) is 3. The van der Waals surface area contributed by atoms with E-state index in [1.165, 1.54) is 11.1 Å². The molecule has 2 aliphatic rings. The summed E-state index contributed by atoms with van der Waals surface area (Å²) in [5, 5.41) is 15.6. The number of aliphatic hydroxyl groups is 1. The lowest BCUT2D eigenvalue weighted by Gasteiger charge is -2.32. The number of nitrogens with one attached hydrogen (secondary N) is 2. The highest BCUT2D eigenvalue weighted by molar-refractivity contribution is 5.94. The van der Waals surface area contributed by atoms with Crippen molar-refractivity contribution in [1.82, 2.24) is 10.6 Å². The standard InChI is InChI=1S/C28H36N2O3/c1-18-17-23(19-3-7-21(8-4-19)27(32)29-2)11-16-26(18)20-5-9-22(10-6-20)28(33)30-24-12-14-25(31)15-13-24/h3-4,7-8,11,16-17,20,22,24-25,31H,5-6,9-10,12-15H2,1-2H3,(H,29,32)(H,30,33). The fraction of sp³-hybridized carbons (Fsp3) is 0.500. The minimum atomic E-state index is -0.190. The van der Waals surface area contributed by atoms with Crippen LogP contribution >= 0.6 is 0 Å².